The van der Waals surface area contributed by atoms with E-state index in [1.807, 2.05) is 60.7 Å². The summed E-state index contributed by atoms with van der Waals surface area (Å²) in [5.41, 5.74) is 2.05. The minimum absolute atomic E-state index is 0.0101. The number of carboxylic acid groups (broad SMARTS) is 1. The summed E-state index contributed by atoms with van der Waals surface area (Å²) in [7, 11) is 0. The first-order chi connectivity index (χ1) is 9.27. The van der Waals surface area contributed by atoms with Crippen molar-refractivity contribution >= 4 is 5.97 Å². The van der Waals surface area contributed by atoms with Gasteiger partial charge in [0.2, 0.25) is 0 Å². The Morgan fingerprint density at radius 2 is 1.42 bits per heavy atom. The normalized spacial score (nSPS) is 10.6. The highest BCUT2D eigenvalue weighted by Gasteiger charge is 2.14. The fourth-order valence-electron chi connectivity index (χ4n) is 1.90. The zero-order valence-corrected chi connectivity index (χ0v) is 10.5. The number of carbonyl (C=O) groups is 1. The summed E-state index contributed by atoms with van der Waals surface area (Å²) in [6, 6.07) is 19.6. The second-order valence-electron chi connectivity index (χ2n) is 4.22. The smallest absolute Gasteiger partial charge is 0.305 e. The maximum absolute atomic E-state index is 10.6. The van der Waals surface area contributed by atoms with Crippen LogP contribution >= 0.6 is 0 Å². The molecule has 0 aliphatic carbocycles. The van der Waals surface area contributed by atoms with E-state index in [9.17, 15) is 4.79 Å². The Kier molecular flexibility index (Phi) is 4.70. The first kappa shape index (κ1) is 13.3. The van der Waals surface area contributed by atoms with E-state index in [0.29, 0.717) is 0 Å². The van der Waals surface area contributed by atoms with E-state index in [-0.39, 0.29) is 19.1 Å². The molecule has 0 saturated carbocycles. The van der Waals surface area contributed by atoms with Gasteiger partial charge in [0.25, 0.3) is 0 Å². The first-order valence-corrected chi connectivity index (χ1v) is 6.20. The summed E-state index contributed by atoms with van der Waals surface area (Å²) in [5.74, 6) is -0.847. The highest BCUT2D eigenvalue weighted by Crippen LogP contribution is 2.25. The zero-order chi connectivity index (χ0) is 13.5. The van der Waals surface area contributed by atoms with Crippen molar-refractivity contribution in [1.29, 1.82) is 0 Å². The molecule has 3 heteroatoms. The highest BCUT2D eigenvalue weighted by atomic mass is 16.5. The van der Waals surface area contributed by atoms with Crippen LogP contribution in [-0.4, -0.2) is 17.7 Å². The summed E-state index contributed by atoms with van der Waals surface area (Å²) in [6.07, 6.45) is -0.211. The quantitative estimate of drug-likeness (QED) is 0.862. The molecule has 0 atom stereocenters. The van der Waals surface area contributed by atoms with Crippen molar-refractivity contribution in [3.63, 3.8) is 0 Å². The van der Waals surface area contributed by atoms with Crippen LogP contribution in [0.15, 0.2) is 60.7 Å². The van der Waals surface area contributed by atoms with E-state index in [2.05, 4.69) is 0 Å². The number of benzene rings is 2. The van der Waals surface area contributed by atoms with Crippen LogP contribution in [0.2, 0.25) is 0 Å². The molecule has 0 aliphatic rings. The number of ether oxygens (including phenoxy) is 1. The molecule has 0 aliphatic heterocycles. The molecule has 2 rings (SSSR count). The van der Waals surface area contributed by atoms with Crippen LogP contribution in [0.3, 0.4) is 0 Å². The van der Waals surface area contributed by atoms with Crippen molar-refractivity contribution in [2.45, 2.75) is 12.5 Å². The molecule has 19 heavy (non-hydrogen) atoms. The largest absolute Gasteiger partial charge is 0.481 e. The Morgan fingerprint density at radius 3 is 1.84 bits per heavy atom. The van der Waals surface area contributed by atoms with E-state index in [1.54, 1.807) is 0 Å². The molecule has 98 valence electrons. The van der Waals surface area contributed by atoms with Crippen molar-refractivity contribution in [2.24, 2.45) is 0 Å². The van der Waals surface area contributed by atoms with Crippen molar-refractivity contribution in [2.75, 3.05) is 6.61 Å². The van der Waals surface area contributed by atoms with Crippen molar-refractivity contribution in [1.82, 2.24) is 0 Å². The molecular weight excluding hydrogens is 240 g/mol. The van der Waals surface area contributed by atoms with Crippen LogP contribution in [0.25, 0.3) is 0 Å². The lowest BCUT2D eigenvalue weighted by atomic mass is 10.0. The molecule has 2 aromatic carbocycles. The fraction of sp³-hybridized carbons (Fsp3) is 0.188. The van der Waals surface area contributed by atoms with Gasteiger partial charge >= 0.3 is 5.97 Å². The lowest BCUT2D eigenvalue weighted by Gasteiger charge is -2.18. The molecule has 0 aromatic heterocycles. The van der Waals surface area contributed by atoms with Crippen LogP contribution in [0.1, 0.15) is 23.7 Å². The lowest BCUT2D eigenvalue weighted by Crippen LogP contribution is -2.10. The summed E-state index contributed by atoms with van der Waals surface area (Å²) in [6.45, 7) is 0.198. The number of hydrogen-bond donors (Lipinski definition) is 1. The SMILES string of the molecule is O=C(O)CCOC(c1ccccc1)c1ccccc1. The van der Waals surface area contributed by atoms with Gasteiger partial charge in [-0.1, -0.05) is 60.7 Å². The second kappa shape index (κ2) is 6.71. The molecule has 0 spiro atoms. The summed E-state index contributed by atoms with van der Waals surface area (Å²) >= 11 is 0. The standard InChI is InChI=1S/C16H16O3/c17-15(18)11-12-19-16(13-7-3-1-4-8-13)14-9-5-2-6-10-14/h1-10,16H,11-12H2,(H,17,18). The molecule has 0 amide bonds. The third-order valence-corrected chi connectivity index (χ3v) is 2.81. The molecule has 3 nitrogen and oxygen atoms in total. The fourth-order valence-corrected chi connectivity index (χ4v) is 1.90. The van der Waals surface area contributed by atoms with Crippen molar-refractivity contribution in [3.05, 3.63) is 71.8 Å². The summed E-state index contributed by atoms with van der Waals surface area (Å²) in [4.78, 5) is 10.6. The van der Waals surface area contributed by atoms with Gasteiger partial charge < -0.3 is 9.84 Å². The van der Waals surface area contributed by atoms with Gasteiger partial charge in [0.05, 0.1) is 13.0 Å². The van der Waals surface area contributed by atoms with Crippen LogP contribution in [0, 0.1) is 0 Å². The van der Waals surface area contributed by atoms with Crippen LogP contribution < -0.4 is 0 Å². The monoisotopic (exact) mass is 256 g/mol. The molecular formula is C16H16O3. The first-order valence-electron chi connectivity index (χ1n) is 6.20. The van der Waals surface area contributed by atoms with Gasteiger partial charge in [0.1, 0.15) is 6.10 Å². The summed E-state index contributed by atoms with van der Waals surface area (Å²) in [5, 5.41) is 8.69. The van der Waals surface area contributed by atoms with Crippen LogP contribution in [0.5, 0.6) is 0 Å². The molecule has 0 fully saturated rings. The molecule has 2 aromatic rings. The Hall–Kier alpha value is -2.13. The molecule has 0 saturated heterocycles. The molecule has 0 heterocycles. The molecule has 0 unspecified atom stereocenters. The Balaban J connectivity index is 2.17. The van der Waals surface area contributed by atoms with E-state index in [0.717, 1.165) is 11.1 Å². The molecule has 0 radical (unpaired) electrons. The Morgan fingerprint density at radius 1 is 0.947 bits per heavy atom. The number of aliphatic carboxylic acids is 1. The van der Waals surface area contributed by atoms with E-state index in [4.69, 9.17) is 9.84 Å². The Labute approximate surface area is 112 Å². The predicted molar refractivity (Wildman–Crippen MR) is 72.9 cm³/mol. The number of rotatable bonds is 6. The zero-order valence-electron chi connectivity index (χ0n) is 10.5. The van der Waals surface area contributed by atoms with Gasteiger partial charge in [0.15, 0.2) is 0 Å². The maximum atomic E-state index is 10.6. The van der Waals surface area contributed by atoms with E-state index < -0.39 is 5.97 Å². The average Bonchev–Trinajstić information content (AvgIpc) is 2.45. The van der Waals surface area contributed by atoms with Crippen LogP contribution in [-0.2, 0) is 9.53 Å². The number of hydrogen-bond acceptors (Lipinski definition) is 2. The second-order valence-corrected chi connectivity index (χ2v) is 4.22. The van der Waals surface area contributed by atoms with Gasteiger partial charge in [-0.05, 0) is 11.1 Å². The van der Waals surface area contributed by atoms with Gasteiger partial charge in [-0.25, -0.2) is 0 Å². The molecule has 1 N–H and O–H groups in total. The minimum atomic E-state index is -0.847. The number of carboxylic acids is 1. The highest BCUT2D eigenvalue weighted by molar-refractivity contribution is 5.66. The van der Waals surface area contributed by atoms with Crippen LogP contribution in [0.4, 0.5) is 0 Å². The topological polar surface area (TPSA) is 46.5 Å². The Bertz CT molecular complexity index is 469. The van der Waals surface area contributed by atoms with E-state index in [1.165, 1.54) is 0 Å². The van der Waals surface area contributed by atoms with Crippen molar-refractivity contribution in [3.8, 4) is 0 Å². The average molecular weight is 256 g/mol. The predicted octanol–water partition coefficient (Wildman–Crippen LogP) is 3.27. The van der Waals surface area contributed by atoms with Gasteiger partial charge in [-0.2, -0.15) is 0 Å². The minimum Gasteiger partial charge on any atom is -0.481 e. The third kappa shape index (κ3) is 3.93. The third-order valence-electron chi connectivity index (χ3n) is 2.81. The van der Waals surface area contributed by atoms with Gasteiger partial charge in [0, 0.05) is 0 Å². The van der Waals surface area contributed by atoms with Gasteiger partial charge in [-0.15, -0.1) is 0 Å². The maximum Gasteiger partial charge on any atom is 0.305 e. The van der Waals surface area contributed by atoms with E-state index >= 15 is 0 Å². The summed E-state index contributed by atoms with van der Waals surface area (Å²) < 4.78 is 5.74. The molecule has 0 bridgehead atoms. The van der Waals surface area contributed by atoms with Crippen molar-refractivity contribution < 1.29 is 14.6 Å². The van der Waals surface area contributed by atoms with Gasteiger partial charge in [-0.3, -0.25) is 4.79 Å². The lowest BCUT2D eigenvalue weighted by molar-refractivity contribution is -0.138.